The van der Waals surface area contributed by atoms with E-state index in [0.717, 1.165) is 23.4 Å². The van der Waals surface area contributed by atoms with E-state index in [1.165, 1.54) is 18.2 Å². The second-order valence-electron chi connectivity index (χ2n) is 5.55. The molecule has 0 saturated carbocycles. The van der Waals surface area contributed by atoms with Crippen molar-refractivity contribution in [3.63, 3.8) is 0 Å². The van der Waals surface area contributed by atoms with Crippen LogP contribution in [0, 0.1) is 12.7 Å². The molecule has 0 fully saturated rings. The molecule has 0 unspecified atom stereocenters. The van der Waals surface area contributed by atoms with Gasteiger partial charge in [0.25, 0.3) is 0 Å². The van der Waals surface area contributed by atoms with Crippen molar-refractivity contribution in [1.29, 1.82) is 0 Å². The van der Waals surface area contributed by atoms with Crippen molar-refractivity contribution in [1.82, 2.24) is 25.4 Å². The van der Waals surface area contributed by atoms with Crippen LogP contribution >= 0.6 is 11.8 Å². The highest BCUT2D eigenvalue weighted by Gasteiger charge is 2.23. The molecule has 2 aromatic heterocycles. The summed E-state index contributed by atoms with van der Waals surface area (Å²) in [5.41, 5.74) is 0.785. The van der Waals surface area contributed by atoms with Crippen LogP contribution in [0.2, 0.25) is 0 Å². The molecule has 29 heavy (non-hydrogen) atoms. The van der Waals surface area contributed by atoms with Crippen LogP contribution in [0.15, 0.2) is 37.2 Å². The number of methoxy groups -OCH3 is 1. The SMILES string of the molecule is COC(=O)C(=O)NCCSc1nonc1-c1noc(=O)n1-c1ccc(F)c(C)c1. The van der Waals surface area contributed by atoms with Crippen molar-refractivity contribution in [2.24, 2.45) is 0 Å². The van der Waals surface area contributed by atoms with E-state index in [1.54, 1.807) is 6.92 Å². The van der Waals surface area contributed by atoms with E-state index in [1.807, 2.05) is 0 Å². The van der Waals surface area contributed by atoms with Crippen LogP contribution in [0.4, 0.5) is 4.39 Å². The quantitative estimate of drug-likeness (QED) is 0.260. The van der Waals surface area contributed by atoms with Crippen LogP contribution < -0.4 is 11.1 Å². The highest BCUT2D eigenvalue weighted by Crippen LogP contribution is 2.28. The first-order valence-corrected chi connectivity index (χ1v) is 9.08. The van der Waals surface area contributed by atoms with E-state index >= 15 is 0 Å². The zero-order chi connectivity index (χ0) is 21.0. The summed E-state index contributed by atoms with van der Waals surface area (Å²) in [5, 5.41) is 13.9. The van der Waals surface area contributed by atoms with Crippen LogP contribution in [-0.2, 0) is 14.3 Å². The van der Waals surface area contributed by atoms with Gasteiger partial charge in [0, 0.05) is 12.3 Å². The molecule has 1 amide bonds. The first-order valence-electron chi connectivity index (χ1n) is 8.09. The second kappa shape index (κ2) is 8.68. The number of rotatable bonds is 6. The molecular formula is C16H14FN5O6S. The third-order valence-corrected chi connectivity index (χ3v) is 4.62. The summed E-state index contributed by atoms with van der Waals surface area (Å²) in [7, 11) is 1.10. The van der Waals surface area contributed by atoms with Gasteiger partial charge in [0.05, 0.1) is 12.8 Å². The fourth-order valence-corrected chi connectivity index (χ4v) is 3.03. The molecule has 0 bridgehead atoms. The van der Waals surface area contributed by atoms with E-state index in [2.05, 4.69) is 25.5 Å². The molecule has 0 spiro atoms. The molecule has 0 aliphatic rings. The number of nitrogens with one attached hydrogen (secondary N) is 1. The van der Waals surface area contributed by atoms with Crippen molar-refractivity contribution in [2.45, 2.75) is 11.9 Å². The number of thioether (sulfide) groups is 1. The molecule has 11 nitrogen and oxygen atoms in total. The molecule has 13 heteroatoms. The van der Waals surface area contributed by atoms with E-state index in [4.69, 9.17) is 9.15 Å². The lowest BCUT2D eigenvalue weighted by atomic mass is 10.2. The Morgan fingerprint density at radius 1 is 1.31 bits per heavy atom. The van der Waals surface area contributed by atoms with Gasteiger partial charge in [-0.05, 0) is 41.0 Å². The lowest BCUT2D eigenvalue weighted by Gasteiger charge is -2.05. The van der Waals surface area contributed by atoms with E-state index < -0.39 is 23.4 Å². The standard InChI is InChI=1S/C16H14FN5O6S/c1-8-7-9(3-4-10(8)17)22-12(20-27-16(22)25)11-14(21-28-19-11)29-6-5-18-13(23)15(24)26-2/h3-4,7H,5-6H2,1-2H3,(H,18,23). The average Bonchev–Trinajstić information content (AvgIpc) is 3.32. The molecule has 0 aliphatic carbocycles. The normalized spacial score (nSPS) is 10.7. The van der Waals surface area contributed by atoms with E-state index in [9.17, 15) is 18.8 Å². The minimum Gasteiger partial charge on any atom is -0.462 e. The van der Waals surface area contributed by atoms with Crippen molar-refractivity contribution in [2.75, 3.05) is 19.4 Å². The number of carbonyl (C=O) groups excluding carboxylic acids is 2. The van der Waals surface area contributed by atoms with Crippen molar-refractivity contribution in [3.8, 4) is 17.2 Å². The number of esters is 1. The maximum atomic E-state index is 13.6. The Morgan fingerprint density at radius 3 is 2.83 bits per heavy atom. The van der Waals surface area contributed by atoms with Gasteiger partial charge in [-0.15, -0.1) is 0 Å². The Hall–Kier alpha value is -3.48. The Bertz CT molecular complexity index is 1110. The Kier molecular flexibility index (Phi) is 6.07. The first kappa shape index (κ1) is 20.3. The number of aromatic nitrogens is 4. The van der Waals surface area contributed by atoms with E-state index in [-0.39, 0.29) is 23.1 Å². The summed E-state index contributed by atoms with van der Waals surface area (Å²) in [6.07, 6.45) is 0. The fraction of sp³-hybridized carbons (Fsp3) is 0.250. The number of ether oxygens (including phenoxy) is 1. The summed E-state index contributed by atoms with van der Waals surface area (Å²) in [5.74, 6) is -2.77. The number of carbonyl (C=O) groups is 2. The maximum Gasteiger partial charge on any atom is 0.446 e. The average molecular weight is 423 g/mol. The minimum atomic E-state index is -1.00. The third kappa shape index (κ3) is 4.34. The number of benzene rings is 1. The topological polar surface area (TPSA) is 142 Å². The smallest absolute Gasteiger partial charge is 0.446 e. The number of hydrogen-bond acceptors (Lipinski definition) is 10. The molecule has 1 N–H and O–H groups in total. The fourth-order valence-electron chi connectivity index (χ4n) is 2.28. The van der Waals surface area contributed by atoms with Crippen LogP contribution in [0.3, 0.4) is 0 Å². The van der Waals surface area contributed by atoms with Gasteiger partial charge in [-0.3, -0.25) is 9.32 Å². The summed E-state index contributed by atoms with van der Waals surface area (Å²) in [6.45, 7) is 1.69. The van der Waals surface area contributed by atoms with Crippen molar-refractivity contribution >= 4 is 23.6 Å². The zero-order valence-corrected chi connectivity index (χ0v) is 16.0. The highest BCUT2D eigenvalue weighted by molar-refractivity contribution is 7.99. The summed E-state index contributed by atoms with van der Waals surface area (Å²) >= 11 is 1.14. The summed E-state index contributed by atoms with van der Waals surface area (Å²) in [6, 6.07) is 4.07. The number of amides is 1. The molecule has 3 rings (SSSR count). The molecule has 0 radical (unpaired) electrons. The van der Waals surface area contributed by atoms with Crippen LogP contribution in [0.5, 0.6) is 0 Å². The summed E-state index contributed by atoms with van der Waals surface area (Å²) < 4.78 is 28.4. The largest absolute Gasteiger partial charge is 0.462 e. The monoisotopic (exact) mass is 423 g/mol. The first-order chi connectivity index (χ1) is 13.9. The van der Waals surface area contributed by atoms with Gasteiger partial charge in [-0.1, -0.05) is 16.9 Å². The van der Waals surface area contributed by atoms with Crippen molar-refractivity contribution < 1.29 is 27.9 Å². The predicted molar refractivity (Wildman–Crippen MR) is 95.8 cm³/mol. The lowest BCUT2D eigenvalue weighted by molar-refractivity contribution is -0.152. The number of nitrogens with zero attached hydrogens (tertiary/aromatic N) is 4. The van der Waals surface area contributed by atoms with Crippen LogP contribution in [0.25, 0.3) is 17.2 Å². The predicted octanol–water partition coefficient (Wildman–Crippen LogP) is 0.704. The molecule has 0 aliphatic heterocycles. The molecule has 152 valence electrons. The highest BCUT2D eigenvalue weighted by atomic mass is 32.2. The Labute approximate surface area is 166 Å². The third-order valence-electron chi connectivity index (χ3n) is 3.67. The van der Waals surface area contributed by atoms with Crippen molar-refractivity contribution in [3.05, 3.63) is 40.1 Å². The van der Waals surface area contributed by atoms with Gasteiger partial charge in [0.1, 0.15) is 5.82 Å². The van der Waals surface area contributed by atoms with Gasteiger partial charge in [0.15, 0.2) is 10.7 Å². The molecule has 0 saturated heterocycles. The summed E-state index contributed by atoms with van der Waals surface area (Å²) in [4.78, 5) is 34.5. The Balaban J connectivity index is 1.79. The maximum absolute atomic E-state index is 13.6. The zero-order valence-electron chi connectivity index (χ0n) is 15.2. The molecule has 0 atom stereocenters. The van der Waals surface area contributed by atoms with Gasteiger partial charge >= 0.3 is 17.6 Å². The Morgan fingerprint density at radius 2 is 2.10 bits per heavy atom. The molecule has 3 aromatic rings. The lowest BCUT2D eigenvalue weighted by Crippen LogP contribution is -2.33. The second-order valence-corrected chi connectivity index (χ2v) is 6.64. The molecule has 1 aromatic carbocycles. The van der Waals surface area contributed by atoms with Gasteiger partial charge < -0.3 is 10.1 Å². The number of hydrogen-bond donors (Lipinski definition) is 1. The molecule has 2 heterocycles. The van der Waals surface area contributed by atoms with Gasteiger partial charge in [-0.2, -0.15) is 0 Å². The van der Waals surface area contributed by atoms with Gasteiger partial charge in [0.2, 0.25) is 5.82 Å². The number of aryl methyl sites for hydroxylation is 1. The molecular weight excluding hydrogens is 409 g/mol. The number of halogens is 1. The minimum absolute atomic E-state index is 0.0170. The van der Waals surface area contributed by atoms with Crippen LogP contribution in [0.1, 0.15) is 5.56 Å². The van der Waals surface area contributed by atoms with Gasteiger partial charge in [-0.25, -0.2) is 23.2 Å². The van der Waals surface area contributed by atoms with E-state index in [0.29, 0.717) is 17.0 Å². The van der Waals surface area contributed by atoms with Crippen LogP contribution in [-0.4, -0.2) is 51.3 Å².